The molecule has 1 fully saturated rings. The predicted molar refractivity (Wildman–Crippen MR) is 112 cm³/mol. The quantitative estimate of drug-likeness (QED) is 0.520. The fourth-order valence-corrected chi connectivity index (χ4v) is 4.02. The lowest BCUT2D eigenvalue weighted by Gasteiger charge is -2.23. The molecule has 2 N–H and O–H groups in total. The highest BCUT2D eigenvalue weighted by atomic mass is 16.6. The Hall–Kier alpha value is -3.44. The molecule has 0 aliphatic carbocycles. The Labute approximate surface area is 174 Å². The van der Waals surface area contributed by atoms with Crippen molar-refractivity contribution in [2.24, 2.45) is 5.92 Å². The molecule has 2 aromatic heterocycles. The number of nitrogen functional groups attached to an aromatic ring is 1. The van der Waals surface area contributed by atoms with Crippen molar-refractivity contribution < 1.29 is 14.3 Å². The standard InChI is InChI=1S/C22H23N5O3/c1-5-16-12(2)18(30-22(28)14-9-7-6-8-10-14)21(29-16)27-11-15(24-4)17-19(23)25-13(3)26-20(17)27/h6-12,16,18,21H,5H2,1-3H3,(H2,23,25,26)/t12-,16-,18-,21-/m1/s1. The van der Waals surface area contributed by atoms with E-state index in [1.54, 1.807) is 42.0 Å². The molecule has 3 heterocycles. The molecule has 0 saturated carbocycles. The van der Waals surface area contributed by atoms with Crippen LogP contribution in [-0.4, -0.2) is 32.7 Å². The summed E-state index contributed by atoms with van der Waals surface area (Å²) in [5.41, 5.74) is 7.40. The van der Waals surface area contributed by atoms with Crippen molar-refractivity contribution in [3.63, 3.8) is 0 Å². The van der Waals surface area contributed by atoms with Gasteiger partial charge < -0.3 is 19.8 Å². The van der Waals surface area contributed by atoms with Crippen LogP contribution in [0.5, 0.6) is 0 Å². The second-order valence-electron chi connectivity index (χ2n) is 7.46. The molecule has 30 heavy (non-hydrogen) atoms. The summed E-state index contributed by atoms with van der Waals surface area (Å²) in [5, 5.41) is 0.486. The number of esters is 1. The minimum absolute atomic E-state index is 0.0400. The first-order valence-corrected chi connectivity index (χ1v) is 9.88. The Bertz CT molecular complexity index is 1140. The maximum absolute atomic E-state index is 12.8. The van der Waals surface area contributed by atoms with Crippen LogP contribution < -0.4 is 5.73 Å². The van der Waals surface area contributed by atoms with Crippen molar-refractivity contribution in [3.8, 4) is 0 Å². The van der Waals surface area contributed by atoms with E-state index in [1.807, 2.05) is 19.9 Å². The van der Waals surface area contributed by atoms with E-state index < -0.39 is 18.3 Å². The summed E-state index contributed by atoms with van der Waals surface area (Å²) in [5.74, 6) is 0.289. The Morgan fingerprint density at radius 3 is 2.73 bits per heavy atom. The van der Waals surface area contributed by atoms with E-state index in [1.165, 1.54) is 0 Å². The number of benzene rings is 1. The molecule has 0 radical (unpaired) electrons. The Morgan fingerprint density at radius 2 is 2.07 bits per heavy atom. The highest BCUT2D eigenvalue weighted by molar-refractivity contribution is 5.98. The summed E-state index contributed by atoms with van der Waals surface area (Å²) in [4.78, 5) is 25.0. The average Bonchev–Trinajstić information content (AvgIpc) is 3.26. The van der Waals surface area contributed by atoms with Crippen LogP contribution in [0.4, 0.5) is 11.5 Å². The topological polar surface area (TPSA) is 96.6 Å². The first-order valence-electron chi connectivity index (χ1n) is 9.88. The third-order valence-electron chi connectivity index (χ3n) is 5.54. The summed E-state index contributed by atoms with van der Waals surface area (Å²) in [7, 11) is 0. The molecular formula is C22H23N5O3. The van der Waals surface area contributed by atoms with Crippen molar-refractivity contribution in [2.45, 2.75) is 45.6 Å². The van der Waals surface area contributed by atoms with Crippen molar-refractivity contribution in [1.29, 1.82) is 0 Å². The lowest BCUT2D eigenvalue weighted by molar-refractivity contribution is -0.0466. The number of nitrogens with zero attached hydrogens (tertiary/aromatic N) is 4. The fraction of sp³-hybridized carbons (Fsp3) is 0.364. The van der Waals surface area contributed by atoms with Gasteiger partial charge in [0, 0.05) is 12.1 Å². The lowest BCUT2D eigenvalue weighted by Crippen LogP contribution is -2.30. The number of aryl methyl sites for hydroxylation is 1. The molecular weight excluding hydrogens is 382 g/mol. The van der Waals surface area contributed by atoms with Crippen LogP contribution in [0, 0.1) is 19.4 Å². The van der Waals surface area contributed by atoms with Gasteiger partial charge in [-0.3, -0.25) is 0 Å². The van der Waals surface area contributed by atoms with Crippen LogP contribution in [0.15, 0.2) is 36.5 Å². The molecule has 1 saturated heterocycles. The number of anilines is 1. The smallest absolute Gasteiger partial charge is 0.338 e. The van der Waals surface area contributed by atoms with E-state index in [2.05, 4.69) is 14.8 Å². The van der Waals surface area contributed by atoms with E-state index in [9.17, 15) is 4.79 Å². The summed E-state index contributed by atoms with van der Waals surface area (Å²) in [6, 6.07) is 8.87. The van der Waals surface area contributed by atoms with Gasteiger partial charge in [0.05, 0.1) is 23.6 Å². The minimum Gasteiger partial charge on any atom is -0.454 e. The highest BCUT2D eigenvalue weighted by Crippen LogP contribution is 2.42. The monoisotopic (exact) mass is 405 g/mol. The third-order valence-corrected chi connectivity index (χ3v) is 5.54. The van der Waals surface area contributed by atoms with Crippen LogP contribution in [-0.2, 0) is 9.47 Å². The van der Waals surface area contributed by atoms with Gasteiger partial charge >= 0.3 is 5.97 Å². The molecule has 3 aromatic rings. The third kappa shape index (κ3) is 3.27. The summed E-state index contributed by atoms with van der Waals surface area (Å²) < 4.78 is 14.0. The first-order chi connectivity index (χ1) is 14.4. The van der Waals surface area contributed by atoms with Gasteiger partial charge in [-0.25, -0.2) is 19.6 Å². The molecule has 8 nitrogen and oxygen atoms in total. The van der Waals surface area contributed by atoms with Crippen molar-refractivity contribution in [2.75, 3.05) is 5.73 Å². The van der Waals surface area contributed by atoms with Gasteiger partial charge in [0.15, 0.2) is 12.3 Å². The zero-order valence-electron chi connectivity index (χ0n) is 17.1. The van der Waals surface area contributed by atoms with Crippen molar-refractivity contribution in [1.82, 2.24) is 14.5 Å². The summed E-state index contributed by atoms with van der Waals surface area (Å²) in [6.45, 7) is 13.3. The number of ether oxygens (including phenoxy) is 2. The number of rotatable bonds is 4. The largest absolute Gasteiger partial charge is 0.454 e. The van der Waals surface area contributed by atoms with Crippen LogP contribution in [0.2, 0.25) is 0 Å². The Morgan fingerprint density at radius 1 is 1.33 bits per heavy atom. The number of carbonyl (C=O) groups is 1. The van der Waals surface area contributed by atoms with Gasteiger partial charge in [-0.05, 0) is 25.5 Å². The fourth-order valence-electron chi connectivity index (χ4n) is 4.02. The molecule has 0 unspecified atom stereocenters. The molecule has 0 spiro atoms. The maximum atomic E-state index is 12.8. The highest BCUT2D eigenvalue weighted by Gasteiger charge is 2.45. The van der Waals surface area contributed by atoms with Crippen LogP contribution in [0.1, 0.15) is 42.7 Å². The van der Waals surface area contributed by atoms with E-state index >= 15 is 0 Å². The number of hydrogen-bond acceptors (Lipinski definition) is 6. The van der Waals surface area contributed by atoms with Gasteiger partial charge in [0.25, 0.3) is 0 Å². The molecule has 4 atom stereocenters. The van der Waals surface area contributed by atoms with Crippen LogP contribution in [0.3, 0.4) is 0 Å². The average molecular weight is 405 g/mol. The van der Waals surface area contributed by atoms with Crippen molar-refractivity contribution >= 4 is 28.5 Å². The van der Waals surface area contributed by atoms with Crippen LogP contribution in [0.25, 0.3) is 15.9 Å². The zero-order valence-corrected chi connectivity index (χ0v) is 17.1. The zero-order chi connectivity index (χ0) is 21.4. The summed E-state index contributed by atoms with van der Waals surface area (Å²) >= 11 is 0. The normalized spacial score (nSPS) is 23.4. The van der Waals surface area contributed by atoms with E-state index in [0.29, 0.717) is 28.1 Å². The minimum atomic E-state index is -0.621. The molecule has 154 valence electrons. The second-order valence-corrected chi connectivity index (χ2v) is 7.46. The molecule has 1 aromatic carbocycles. The van der Waals surface area contributed by atoms with E-state index in [0.717, 1.165) is 6.42 Å². The Balaban J connectivity index is 1.78. The lowest BCUT2D eigenvalue weighted by atomic mass is 9.98. The van der Waals surface area contributed by atoms with Gasteiger partial charge in [-0.2, -0.15) is 0 Å². The second kappa shape index (κ2) is 7.76. The Kier molecular flexibility index (Phi) is 5.14. The number of carbonyl (C=O) groups excluding carboxylic acids is 1. The van der Waals surface area contributed by atoms with E-state index in [4.69, 9.17) is 21.8 Å². The SMILES string of the molecule is [C-]#[N+]c1cn([C@@H]2O[C@H](CC)[C@@H](C)[C@H]2OC(=O)c2ccccc2)c2nc(C)nc(N)c12. The molecule has 0 bridgehead atoms. The maximum Gasteiger partial charge on any atom is 0.338 e. The number of nitrogens with two attached hydrogens (primary N) is 1. The molecule has 1 aliphatic heterocycles. The van der Waals surface area contributed by atoms with Gasteiger partial charge in [0.2, 0.25) is 5.69 Å². The summed E-state index contributed by atoms with van der Waals surface area (Å²) in [6.07, 6.45) is 1.15. The predicted octanol–water partition coefficient (Wildman–Crippen LogP) is 4.04. The van der Waals surface area contributed by atoms with Gasteiger partial charge in [-0.15, -0.1) is 0 Å². The molecule has 1 aliphatic rings. The van der Waals surface area contributed by atoms with Crippen LogP contribution >= 0.6 is 0 Å². The molecule has 0 amide bonds. The number of hydrogen-bond donors (Lipinski definition) is 1. The molecule has 4 rings (SSSR count). The number of fused-ring (bicyclic) bond motifs is 1. The first kappa shape index (κ1) is 19.9. The van der Waals surface area contributed by atoms with Gasteiger partial charge in [0.1, 0.15) is 17.3 Å². The van der Waals surface area contributed by atoms with Gasteiger partial charge in [-0.1, -0.05) is 32.0 Å². The molecule has 8 heteroatoms. The van der Waals surface area contributed by atoms with E-state index in [-0.39, 0.29) is 17.8 Å². The van der Waals surface area contributed by atoms with Crippen molar-refractivity contribution in [3.05, 3.63) is 59.3 Å². The number of aromatic nitrogens is 3.